The minimum absolute atomic E-state index is 0.569. The van der Waals surface area contributed by atoms with Crippen LogP contribution in [-0.2, 0) is 0 Å². The Morgan fingerprint density at radius 1 is 1.47 bits per heavy atom. The van der Waals surface area contributed by atoms with Gasteiger partial charge in [0.2, 0.25) is 0 Å². The average Bonchev–Trinajstić information content (AvgIpc) is 2.28. The van der Waals surface area contributed by atoms with Crippen LogP contribution in [0.1, 0.15) is 32.6 Å². The predicted octanol–water partition coefficient (Wildman–Crippen LogP) is 2.62. The van der Waals surface area contributed by atoms with Crippen LogP contribution in [0.2, 0.25) is 0 Å². The van der Waals surface area contributed by atoms with Gasteiger partial charge in [-0.05, 0) is 30.9 Å². The molecule has 1 aromatic rings. The highest BCUT2D eigenvalue weighted by atomic mass is 16.3. The molecular formula is C14H22N2O. The maximum Gasteiger partial charge on any atom is 0.0821 e. The standard InChI is InChI=1S/C14H22N2O/c1-11-5-4-8-14(17,9-11)10-16-13-7-3-2-6-12(13)15/h2-3,6-7,11,16-17H,4-5,8-10,15H2,1H3. The van der Waals surface area contributed by atoms with E-state index < -0.39 is 5.60 Å². The molecule has 2 rings (SSSR count). The molecule has 3 heteroatoms. The molecule has 1 aliphatic carbocycles. The Balaban J connectivity index is 1.95. The summed E-state index contributed by atoms with van der Waals surface area (Å²) in [6.45, 7) is 2.80. The first-order valence-corrected chi connectivity index (χ1v) is 6.40. The molecule has 2 atom stereocenters. The number of rotatable bonds is 3. The SMILES string of the molecule is CC1CCCC(O)(CNc2ccccc2N)C1. The Kier molecular flexibility index (Phi) is 3.57. The van der Waals surface area contributed by atoms with Crippen molar-refractivity contribution in [1.82, 2.24) is 0 Å². The number of hydrogen-bond donors (Lipinski definition) is 3. The lowest BCUT2D eigenvalue weighted by atomic mass is 9.79. The van der Waals surface area contributed by atoms with Crippen LogP contribution in [0.5, 0.6) is 0 Å². The van der Waals surface area contributed by atoms with Gasteiger partial charge >= 0.3 is 0 Å². The quantitative estimate of drug-likeness (QED) is 0.705. The lowest BCUT2D eigenvalue weighted by Crippen LogP contribution is -2.41. The van der Waals surface area contributed by atoms with E-state index in [-0.39, 0.29) is 0 Å². The highest BCUT2D eigenvalue weighted by molar-refractivity contribution is 5.65. The largest absolute Gasteiger partial charge is 0.397 e. The first kappa shape index (κ1) is 12.2. The molecule has 94 valence electrons. The Bertz CT molecular complexity index is 380. The second-order valence-corrected chi connectivity index (χ2v) is 5.37. The minimum atomic E-state index is -0.569. The molecule has 0 saturated heterocycles. The average molecular weight is 234 g/mol. The smallest absolute Gasteiger partial charge is 0.0821 e. The molecule has 0 radical (unpaired) electrons. The van der Waals surface area contributed by atoms with Crippen LogP contribution in [0.3, 0.4) is 0 Å². The molecular weight excluding hydrogens is 212 g/mol. The number of anilines is 2. The number of aliphatic hydroxyl groups is 1. The van der Waals surface area contributed by atoms with Crippen molar-refractivity contribution in [3.8, 4) is 0 Å². The highest BCUT2D eigenvalue weighted by Crippen LogP contribution is 2.32. The summed E-state index contributed by atoms with van der Waals surface area (Å²) < 4.78 is 0. The summed E-state index contributed by atoms with van der Waals surface area (Å²) in [5.41, 5.74) is 6.94. The second kappa shape index (κ2) is 4.96. The van der Waals surface area contributed by atoms with Crippen LogP contribution < -0.4 is 11.1 Å². The Morgan fingerprint density at radius 3 is 2.94 bits per heavy atom. The lowest BCUT2D eigenvalue weighted by Gasteiger charge is -2.36. The zero-order valence-corrected chi connectivity index (χ0v) is 10.4. The van der Waals surface area contributed by atoms with Crippen LogP contribution in [0.25, 0.3) is 0 Å². The van der Waals surface area contributed by atoms with E-state index in [1.54, 1.807) is 0 Å². The van der Waals surface area contributed by atoms with Gasteiger partial charge in [0.1, 0.15) is 0 Å². The van der Waals surface area contributed by atoms with Crippen molar-refractivity contribution in [2.45, 2.75) is 38.2 Å². The van der Waals surface area contributed by atoms with Crippen molar-refractivity contribution in [3.63, 3.8) is 0 Å². The first-order valence-electron chi connectivity index (χ1n) is 6.40. The van der Waals surface area contributed by atoms with E-state index >= 15 is 0 Å². The van der Waals surface area contributed by atoms with Crippen LogP contribution in [0.15, 0.2) is 24.3 Å². The third-order valence-electron chi connectivity index (χ3n) is 3.64. The summed E-state index contributed by atoms with van der Waals surface area (Å²) in [6.07, 6.45) is 4.11. The normalized spacial score (nSPS) is 28.9. The van der Waals surface area contributed by atoms with E-state index in [1.165, 1.54) is 6.42 Å². The molecule has 1 aliphatic rings. The van der Waals surface area contributed by atoms with Crippen molar-refractivity contribution < 1.29 is 5.11 Å². The van der Waals surface area contributed by atoms with Crippen LogP contribution in [0, 0.1) is 5.92 Å². The minimum Gasteiger partial charge on any atom is -0.397 e. The van der Waals surface area contributed by atoms with Gasteiger partial charge in [-0.1, -0.05) is 31.9 Å². The Hall–Kier alpha value is -1.22. The van der Waals surface area contributed by atoms with Gasteiger partial charge in [0.05, 0.1) is 17.0 Å². The molecule has 17 heavy (non-hydrogen) atoms. The molecule has 0 amide bonds. The molecule has 4 N–H and O–H groups in total. The van der Waals surface area contributed by atoms with Gasteiger partial charge in [-0.3, -0.25) is 0 Å². The van der Waals surface area contributed by atoms with Crippen molar-refractivity contribution in [2.75, 3.05) is 17.6 Å². The number of nitrogens with one attached hydrogen (secondary N) is 1. The van der Waals surface area contributed by atoms with Crippen molar-refractivity contribution in [2.24, 2.45) is 5.92 Å². The van der Waals surface area contributed by atoms with Gasteiger partial charge in [-0.2, -0.15) is 0 Å². The topological polar surface area (TPSA) is 58.3 Å². The fraction of sp³-hybridized carbons (Fsp3) is 0.571. The van der Waals surface area contributed by atoms with Gasteiger partial charge in [-0.15, -0.1) is 0 Å². The molecule has 1 saturated carbocycles. The summed E-state index contributed by atoms with van der Waals surface area (Å²) >= 11 is 0. The molecule has 0 aromatic heterocycles. The number of nitrogens with two attached hydrogens (primary N) is 1. The van der Waals surface area contributed by atoms with Gasteiger partial charge in [0.25, 0.3) is 0 Å². The van der Waals surface area contributed by atoms with Gasteiger partial charge in [0.15, 0.2) is 0 Å². The van der Waals surface area contributed by atoms with E-state index in [0.29, 0.717) is 12.5 Å². The number of hydrogen-bond acceptors (Lipinski definition) is 3. The Morgan fingerprint density at radius 2 is 2.24 bits per heavy atom. The first-order chi connectivity index (χ1) is 8.09. The van der Waals surface area contributed by atoms with Crippen molar-refractivity contribution in [1.29, 1.82) is 0 Å². The van der Waals surface area contributed by atoms with E-state index in [0.717, 1.165) is 30.6 Å². The fourth-order valence-corrected chi connectivity index (χ4v) is 2.71. The second-order valence-electron chi connectivity index (χ2n) is 5.37. The molecule has 0 aliphatic heterocycles. The van der Waals surface area contributed by atoms with Crippen LogP contribution in [-0.4, -0.2) is 17.3 Å². The monoisotopic (exact) mass is 234 g/mol. The zero-order valence-electron chi connectivity index (χ0n) is 10.4. The van der Waals surface area contributed by atoms with Gasteiger partial charge in [0, 0.05) is 6.54 Å². The molecule has 0 bridgehead atoms. The Labute approximate surface area is 103 Å². The summed E-state index contributed by atoms with van der Waals surface area (Å²) in [5.74, 6) is 0.615. The van der Waals surface area contributed by atoms with Crippen molar-refractivity contribution in [3.05, 3.63) is 24.3 Å². The summed E-state index contributed by atoms with van der Waals surface area (Å²) in [4.78, 5) is 0. The summed E-state index contributed by atoms with van der Waals surface area (Å²) in [6, 6.07) is 7.69. The lowest BCUT2D eigenvalue weighted by molar-refractivity contribution is -0.000747. The number of para-hydroxylation sites is 2. The number of nitrogen functional groups attached to an aromatic ring is 1. The van der Waals surface area contributed by atoms with E-state index in [2.05, 4.69) is 12.2 Å². The number of benzene rings is 1. The predicted molar refractivity (Wildman–Crippen MR) is 71.9 cm³/mol. The maximum atomic E-state index is 10.5. The molecule has 0 heterocycles. The van der Waals surface area contributed by atoms with E-state index in [1.807, 2.05) is 24.3 Å². The molecule has 3 nitrogen and oxygen atoms in total. The summed E-state index contributed by atoms with van der Waals surface area (Å²) in [7, 11) is 0. The third-order valence-corrected chi connectivity index (χ3v) is 3.64. The van der Waals surface area contributed by atoms with Gasteiger partial charge in [-0.25, -0.2) is 0 Å². The zero-order chi connectivity index (χ0) is 12.3. The summed E-state index contributed by atoms with van der Waals surface area (Å²) in [5, 5.41) is 13.8. The fourth-order valence-electron chi connectivity index (χ4n) is 2.71. The molecule has 1 aromatic carbocycles. The maximum absolute atomic E-state index is 10.5. The van der Waals surface area contributed by atoms with Crippen molar-refractivity contribution >= 4 is 11.4 Å². The molecule has 0 spiro atoms. The highest BCUT2D eigenvalue weighted by Gasteiger charge is 2.32. The van der Waals surface area contributed by atoms with E-state index in [4.69, 9.17) is 5.73 Å². The van der Waals surface area contributed by atoms with Crippen LogP contribution in [0.4, 0.5) is 11.4 Å². The molecule has 1 fully saturated rings. The van der Waals surface area contributed by atoms with E-state index in [9.17, 15) is 5.11 Å². The van der Waals surface area contributed by atoms with Gasteiger partial charge < -0.3 is 16.2 Å². The van der Waals surface area contributed by atoms with Crippen LogP contribution >= 0.6 is 0 Å². The third kappa shape index (κ3) is 3.13. The molecule has 2 unspecified atom stereocenters.